The summed E-state index contributed by atoms with van der Waals surface area (Å²) in [6, 6.07) is 5.47. The Kier molecular flexibility index (Phi) is 5.75. The second-order valence-electron chi connectivity index (χ2n) is 6.59. The van der Waals surface area contributed by atoms with E-state index in [9.17, 15) is 4.79 Å². The zero-order chi connectivity index (χ0) is 17.6. The van der Waals surface area contributed by atoms with E-state index in [2.05, 4.69) is 17.3 Å². The average molecular weight is 346 g/mol. The SMILES string of the molecule is COCCCn1ccc(NC(=O)N2CC[C@@H](C)C[C@@H]2c2ccco2)n1. The Bertz CT molecular complexity index is 668. The van der Waals surface area contributed by atoms with Crippen molar-refractivity contribution < 1.29 is 13.9 Å². The van der Waals surface area contributed by atoms with E-state index in [1.807, 2.05) is 34.0 Å². The summed E-state index contributed by atoms with van der Waals surface area (Å²) >= 11 is 0. The molecule has 2 amide bonds. The number of aryl methyl sites for hydroxylation is 1. The number of rotatable bonds is 6. The van der Waals surface area contributed by atoms with Crippen LogP contribution in [0.2, 0.25) is 0 Å². The minimum atomic E-state index is -0.129. The number of carbonyl (C=O) groups excluding carboxylic acids is 1. The number of hydrogen-bond donors (Lipinski definition) is 1. The van der Waals surface area contributed by atoms with E-state index in [4.69, 9.17) is 9.15 Å². The molecule has 0 radical (unpaired) electrons. The fourth-order valence-electron chi connectivity index (χ4n) is 3.24. The van der Waals surface area contributed by atoms with Gasteiger partial charge in [0.25, 0.3) is 0 Å². The van der Waals surface area contributed by atoms with Crippen molar-refractivity contribution in [1.29, 1.82) is 0 Å². The number of furan rings is 1. The van der Waals surface area contributed by atoms with Crippen molar-refractivity contribution in [3.63, 3.8) is 0 Å². The van der Waals surface area contributed by atoms with Crippen molar-refractivity contribution in [3.8, 4) is 0 Å². The van der Waals surface area contributed by atoms with Crippen LogP contribution in [-0.2, 0) is 11.3 Å². The van der Waals surface area contributed by atoms with Crippen molar-refractivity contribution >= 4 is 11.8 Å². The number of nitrogens with zero attached hydrogens (tertiary/aromatic N) is 3. The first-order valence-corrected chi connectivity index (χ1v) is 8.81. The maximum atomic E-state index is 12.8. The summed E-state index contributed by atoms with van der Waals surface area (Å²) in [6.07, 6.45) is 6.32. The van der Waals surface area contributed by atoms with E-state index < -0.39 is 0 Å². The Morgan fingerprint density at radius 1 is 1.48 bits per heavy atom. The second kappa shape index (κ2) is 8.20. The first kappa shape index (κ1) is 17.5. The van der Waals surface area contributed by atoms with E-state index in [0.717, 1.165) is 31.6 Å². The Morgan fingerprint density at radius 3 is 3.12 bits per heavy atom. The van der Waals surface area contributed by atoms with Crippen molar-refractivity contribution in [1.82, 2.24) is 14.7 Å². The minimum Gasteiger partial charge on any atom is -0.467 e. The molecule has 1 aliphatic heterocycles. The van der Waals surface area contributed by atoms with Gasteiger partial charge >= 0.3 is 6.03 Å². The van der Waals surface area contributed by atoms with E-state index >= 15 is 0 Å². The molecule has 2 aromatic rings. The van der Waals surface area contributed by atoms with Crippen LogP contribution in [0.1, 0.15) is 38.0 Å². The molecule has 7 heteroatoms. The van der Waals surface area contributed by atoms with Crippen LogP contribution in [-0.4, -0.2) is 41.0 Å². The number of carbonyl (C=O) groups is 1. The molecule has 0 spiro atoms. The van der Waals surface area contributed by atoms with Gasteiger partial charge in [0.05, 0.1) is 12.3 Å². The van der Waals surface area contributed by atoms with Gasteiger partial charge in [-0.1, -0.05) is 6.92 Å². The third-order valence-corrected chi connectivity index (χ3v) is 4.61. The lowest BCUT2D eigenvalue weighted by molar-refractivity contribution is 0.129. The number of hydrogen-bond acceptors (Lipinski definition) is 4. The summed E-state index contributed by atoms with van der Waals surface area (Å²) in [7, 11) is 1.68. The van der Waals surface area contributed by atoms with Crippen LogP contribution in [0.25, 0.3) is 0 Å². The number of methoxy groups -OCH3 is 1. The number of amides is 2. The van der Waals surface area contributed by atoms with Gasteiger partial charge in [-0.15, -0.1) is 0 Å². The van der Waals surface area contributed by atoms with E-state index in [0.29, 0.717) is 24.9 Å². The number of nitrogens with one attached hydrogen (secondary N) is 1. The fourth-order valence-corrected chi connectivity index (χ4v) is 3.24. The van der Waals surface area contributed by atoms with Crippen LogP contribution in [0, 0.1) is 5.92 Å². The Balaban J connectivity index is 1.63. The first-order valence-electron chi connectivity index (χ1n) is 8.81. The third-order valence-electron chi connectivity index (χ3n) is 4.61. The lowest BCUT2D eigenvalue weighted by Crippen LogP contribution is -2.42. The van der Waals surface area contributed by atoms with Crippen LogP contribution >= 0.6 is 0 Å². The highest BCUT2D eigenvalue weighted by atomic mass is 16.5. The topological polar surface area (TPSA) is 72.5 Å². The molecule has 0 saturated carbocycles. The van der Waals surface area contributed by atoms with Crippen LogP contribution < -0.4 is 5.32 Å². The largest absolute Gasteiger partial charge is 0.467 e. The normalized spacial score (nSPS) is 20.6. The number of ether oxygens (including phenoxy) is 1. The van der Waals surface area contributed by atoms with Gasteiger partial charge in [-0.2, -0.15) is 5.10 Å². The van der Waals surface area contributed by atoms with Crippen LogP contribution in [0.3, 0.4) is 0 Å². The predicted octanol–water partition coefficient (Wildman–Crippen LogP) is 3.52. The molecule has 0 aromatic carbocycles. The van der Waals surface area contributed by atoms with Gasteiger partial charge in [0.2, 0.25) is 0 Å². The number of aromatic nitrogens is 2. The lowest BCUT2D eigenvalue weighted by atomic mass is 9.91. The van der Waals surface area contributed by atoms with Gasteiger partial charge in [-0.05, 0) is 37.3 Å². The van der Waals surface area contributed by atoms with Crippen molar-refractivity contribution in [2.75, 3.05) is 25.6 Å². The lowest BCUT2D eigenvalue weighted by Gasteiger charge is -2.37. The summed E-state index contributed by atoms with van der Waals surface area (Å²) in [5.41, 5.74) is 0. The predicted molar refractivity (Wildman–Crippen MR) is 94.3 cm³/mol. The smallest absolute Gasteiger partial charge is 0.323 e. The standard InChI is InChI=1S/C18H26N4O3/c1-14-6-10-22(15(13-14)16-5-3-12-25-16)18(23)19-17-7-9-21(20-17)8-4-11-24-2/h3,5,7,9,12,14-15H,4,6,8,10-11,13H2,1-2H3,(H,19,20,23)/t14-,15-/m1/s1. The monoisotopic (exact) mass is 346 g/mol. The molecule has 0 aliphatic carbocycles. The molecule has 7 nitrogen and oxygen atoms in total. The van der Waals surface area contributed by atoms with Gasteiger partial charge in [-0.3, -0.25) is 10.00 Å². The van der Waals surface area contributed by atoms with E-state index in [1.54, 1.807) is 13.4 Å². The quantitative estimate of drug-likeness (QED) is 0.812. The van der Waals surface area contributed by atoms with Crippen molar-refractivity contribution in [2.24, 2.45) is 5.92 Å². The van der Waals surface area contributed by atoms with Crippen LogP contribution in [0.4, 0.5) is 10.6 Å². The third kappa shape index (κ3) is 4.42. The second-order valence-corrected chi connectivity index (χ2v) is 6.59. The van der Waals surface area contributed by atoms with Gasteiger partial charge in [0.15, 0.2) is 5.82 Å². The molecule has 1 aliphatic rings. The number of urea groups is 1. The summed E-state index contributed by atoms with van der Waals surface area (Å²) in [4.78, 5) is 14.6. The number of piperidine rings is 1. The summed E-state index contributed by atoms with van der Waals surface area (Å²) < 4.78 is 12.4. The Hall–Kier alpha value is -2.28. The highest BCUT2D eigenvalue weighted by Crippen LogP contribution is 2.34. The Morgan fingerprint density at radius 2 is 2.36 bits per heavy atom. The van der Waals surface area contributed by atoms with E-state index in [-0.39, 0.29) is 12.1 Å². The van der Waals surface area contributed by atoms with Crippen LogP contribution in [0.5, 0.6) is 0 Å². The Labute approximate surface area is 147 Å². The van der Waals surface area contributed by atoms with Crippen LogP contribution in [0.15, 0.2) is 35.1 Å². The molecular formula is C18H26N4O3. The molecule has 2 atom stereocenters. The van der Waals surface area contributed by atoms with Gasteiger partial charge in [0.1, 0.15) is 5.76 Å². The van der Waals surface area contributed by atoms with Gasteiger partial charge < -0.3 is 14.1 Å². The van der Waals surface area contributed by atoms with E-state index in [1.165, 1.54) is 0 Å². The molecule has 0 unspecified atom stereocenters. The summed E-state index contributed by atoms with van der Waals surface area (Å²) in [5.74, 6) is 1.98. The number of likely N-dealkylation sites (tertiary alicyclic amines) is 1. The minimum absolute atomic E-state index is 0.0254. The number of anilines is 1. The molecule has 3 heterocycles. The van der Waals surface area contributed by atoms with Crippen molar-refractivity contribution in [3.05, 3.63) is 36.4 Å². The molecule has 1 saturated heterocycles. The summed E-state index contributed by atoms with van der Waals surface area (Å²) in [6.45, 7) is 4.39. The van der Waals surface area contributed by atoms with Gasteiger partial charge in [-0.25, -0.2) is 4.79 Å². The molecule has 2 aromatic heterocycles. The molecule has 25 heavy (non-hydrogen) atoms. The maximum absolute atomic E-state index is 12.8. The zero-order valence-electron chi connectivity index (χ0n) is 14.9. The molecular weight excluding hydrogens is 320 g/mol. The molecule has 1 N–H and O–H groups in total. The highest BCUT2D eigenvalue weighted by molar-refractivity contribution is 5.88. The highest BCUT2D eigenvalue weighted by Gasteiger charge is 2.33. The van der Waals surface area contributed by atoms with Gasteiger partial charge in [0, 0.05) is 39.1 Å². The fraction of sp³-hybridized carbons (Fsp3) is 0.556. The molecule has 136 valence electrons. The maximum Gasteiger partial charge on any atom is 0.323 e. The molecule has 3 rings (SSSR count). The first-order chi connectivity index (χ1) is 12.2. The molecule has 1 fully saturated rings. The summed E-state index contributed by atoms with van der Waals surface area (Å²) in [5, 5.41) is 7.31. The molecule has 0 bridgehead atoms. The average Bonchev–Trinajstić information content (AvgIpc) is 3.27. The zero-order valence-corrected chi connectivity index (χ0v) is 14.9. The van der Waals surface area contributed by atoms with Crippen molar-refractivity contribution in [2.45, 2.75) is 38.8 Å².